The van der Waals surface area contributed by atoms with Crippen molar-refractivity contribution in [1.82, 2.24) is 4.90 Å². The first-order valence-electron chi connectivity index (χ1n) is 11.1. The van der Waals surface area contributed by atoms with E-state index in [0.29, 0.717) is 37.5 Å². The zero-order valence-corrected chi connectivity index (χ0v) is 18.9. The lowest BCUT2D eigenvalue weighted by Crippen LogP contribution is -2.57. The molecule has 2 saturated heterocycles. The summed E-state index contributed by atoms with van der Waals surface area (Å²) in [6.07, 6.45) is 1.04. The van der Waals surface area contributed by atoms with E-state index in [9.17, 15) is 14.7 Å². The highest BCUT2D eigenvalue weighted by Crippen LogP contribution is 2.42. The van der Waals surface area contributed by atoms with Gasteiger partial charge in [-0.2, -0.15) is 0 Å². The molecule has 1 N–H and O–H groups in total. The molecular weight excluding hydrogens is 432 g/mol. The van der Waals surface area contributed by atoms with Crippen molar-refractivity contribution in [1.29, 1.82) is 0 Å². The van der Waals surface area contributed by atoms with Gasteiger partial charge in [0.25, 0.3) is 5.91 Å². The van der Waals surface area contributed by atoms with Crippen LogP contribution >= 0.6 is 0 Å². The zero-order valence-electron chi connectivity index (χ0n) is 18.9. The van der Waals surface area contributed by atoms with E-state index in [0.717, 1.165) is 12.8 Å². The van der Waals surface area contributed by atoms with Gasteiger partial charge in [0, 0.05) is 19.2 Å². The van der Waals surface area contributed by atoms with E-state index in [4.69, 9.17) is 23.7 Å². The molecule has 10 heteroatoms. The van der Waals surface area contributed by atoms with E-state index in [1.54, 1.807) is 11.0 Å². The molecule has 2 unspecified atom stereocenters. The predicted octanol–water partition coefficient (Wildman–Crippen LogP) is 2.29. The Kier molecular flexibility index (Phi) is 7.06. The average molecular weight is 462 g/mol. The number of benzene rings is 1. The number of anilines is 1. The number of hydrogen-bond donors (Lipinski definition) is 1. The molecule has 0 bridgehead atoms. The first-order valence-corrected chi connectivity index (χ1v) is 11.1. The first kappa shape index (κ1) is 23.3. The smallest absolute Gasteiger partial charge is 0.416 e. The van der Waals surface area contributed by atoms with E-state index in [-0.39, 0.29) is 23.8 Å². The molecule has 3 aliphatic heterocycles. The van der Waals surface area contributed by atoms with E-state index in [1.807, 2.05) is 0 Å². The molecule has 1 aromatic carbocycles. The van der Waals surface area contributed by atoms with Gasteiger partial charge in [0.2, 0.25) is 0 Å². The highest BCUT2D eigenvalue weighted by atomic mass is 16.7. The molecule has 2 fully saturated rings. The first-order chi connectivity index (χ1) is 16.0. The Hall–Kier alpha value is -2.82. The molecule has 0 saturated carbocycles. The van der Waals surface area contributed by atoms with Gasteiger partial charge in [0.1, 0.15) is 12.6 Å². The minimum atomic E-state index is -1.04. The lowest BCUT2D eigenvalue weighted by molar-refractivity contribution is -0.199. The van der Waals surface area contributed by atoms with Crippen LogP contribution in [-0.4, -0.2) is 80.6 Å². The molecule has 180 valence electrons. The largest absolute Gasteiger partial charge is 0.493 e. The summed E-state index contributed by atoms with van der Waals surface area (Å²) in [6.45, 7) is 4.42. The van der Waals surface area contributed by atoms with E-state index >= 15 is 0 Å². The Labute approximate surface area is 192 Å². The fourth-order valence-corrected chi connectivity index (χ4v) is 4.58. The predicted molar refractivity (Wildman–Crippen MR) is 117 cm³/mol. The third-order valence-electron chi connectivity index (χ3n) is 6.17. The van der Waals surface area contributed by atoms with Gasteiger partial charge >= 0.3 is 6.09 Å². The van der Waals surface area contributed by atoms with Crippen molar-refractivity contribution in [2.45, 2.75) is 50.3 Å². The molecule has 2 amide bonds. The van der Waals surface area contributed by atoms with Crippen molar-refractivity contribution in [3.8, 4) is 11.5 Å². The number of nitrogens with zero attached hydrogens (tertiary/aromatic N) is 2. The number of carbonyl (C=O) groups excluding carboxylic acids is 2. The number of aliphatic hydroxyl groups is 1. The summed E-state index contributed by atoms with van der Waals surface area (Å²) in [5.41, 5.74) is 0.465. The van der Waals surface area contributed by atoms with Gasteiger partial charge in [-0.1, -0.05) is 12.7 Å². The Morgan fingerprint density at radius 3 is 2.67 bits per heavy atom. The Bertz CT molecular complexity index is 901. The number of rotatable bonds is 6. The summed E-state index contributed by atoms with van der Waals surface area (Å²) in [6, 6.07) is 2.28. The lowest BCUT2D eigenvalue weighted by atomic mass is 10.1. The maximum atomic E-state index is 13.6. The van der Waals surface area contributed by atoms with Crippen molar-refractivity contribution < 1.29 is 38.4 Å². The Balaban J connectivity index is 1.86. The van der Waals surface area contributed by atoms with Crippen molar-refractivity contribution >= 4 is 17.7 Å². The SMILES string of the molecule is C=CCOC(=O)N1c2cc(OC)c(OC)cc2C(=O)N2CC[C@H](O)[C@H]2C1OC1CCCCO1. The van der Waals surface area contributed by atoms with Crippen LogP contribution < -0.4 is 14.4 Å². The van der Waals surface area contributed by atoms with Gasteiger partial charge in [-0.3, -0.25) is 4.79 Å². The molecule has 0 aromatic heterocycles. The summed E-state index contributed by atoms with van der Waals surface area (Å²) in [4.78, 5) is 29.7. The normalized spacial score (nSPS) is 26.8. The van der Waals surface area contributed by atoms with Crippen LogP contribution in [-0.2, 0) is 14.2 Å². The van der Waals surface area contributed by atoms with Crippen LogP contribution in [0.4, 0.5) is 10.5 Å². The molecule has 4 atom stereocenters. The monoisotopic (exact) mass is 462 g/mol. The third kappa shape index (κ3) is 4.38. The fourth-order valence-electron chi connectivity index (χ4n) is 4.58. The second kappa shape index (κ2) is 9.98. The molecule has 3 heterocycles. The minimum absolute atomic E-state index is 0.0323. The second-order valence-electron chi connectivity index (χ2n) is 8.13. The summed E-state index contributed by atoms with van der Waals surface area (Å²) in [7, 11) is 2.94. The fraction of sp³-hybridized carbons (Fsp3) is 0.565. The van der Waals surface area contributed by atoms with Crippen LogP contribution in [0.3, 0.4) is 0 Å². The van der Waals surface area contributed by atoms with Crippen molar-refractivity contribution in [3.63, 3.8) is 0 Å². The number of aliphatic hydroxyl groups excluding tert-OH is 1. The van der Waals surface area contributed by atoms with Gasteiger partial charge in [0.15, 0.2) is 24.0 Å². The molecule has 0 radical (unpaired) electrons. The number of amides is 2. The highest BCUT2D eigenvalue weighted by molar-refractivity contribution is 6.06. The van der Waals surface area contributed by atoms with Crippen LogP contribution in [0.2, 0.25) is 0 Å². The average Bonchev–Trinajstić information content (AvgIpc) is 3.18. The quantitative estimate of drug-likeness (QED) is 0.642. The molecule has 3 aliphatic rings. The molecule has 0 spiro atoms. The molecule has 10 nitrogen and oxygen atoms in total. The van der Waals surface area contributed by atoms with E-state index < -0.39 is 30.8 Å². The highest BCUT2D eigenvalue weighted by Gasteiger charge is 2.51. The molecule has 1 aromatic rings. The van der Waals surface area contributed by atoms with Crippen LogP contribution in [0.5, 0.6) is 11.5 Å². The summed E-state index contributed by atoms with van der Waals surface area (Å²) in [5, 5.41) is 10.9. The van der Waals surface area contributed by atoms with E-state index in [1.165, 1.54) is 31.3 Å². The van der Waals surface area contributed by atoms with Gasteiger partial charge in [-0.15, -0.1) is 0 Å². The maximum Gasteiger partial charge on any atom is 0.416 e. The Morgan fingerprint density at radius 1 is 1.24 bits per heavy atom. The topological polar surface area (TPSA) is 107 Å². The van der Waals surface area contributed by atoms with Crippen LogP contribution in [0, 0.1) is 0 Å². The number of hydrogen-bond acceptors (Lipinski definition) is 8. The lowest BCUT2D eigenvalue weighted by Gasteiger charge is -2.39. The second-order valence-corrected chi connectivity index (χ2v) is 8.13. The number of carbonyl (C=O) groups is 2. The zero-order chi connectivity index (χ0) is 23.5. The number of fused-ring (bicyclic) bond motifs is 2. The number of methoxy groups -OCH3 is 2. The molecule has 0 aliphatic carbocycles. The van der Waals surface area contributed by atoms with Crippen molar-refractivity contribution in [2.24, 2.45) is 0 Å². The van der Waals surface area contributed by atoms with Crippen LogP contribution in [0.25, 0.3) is 0 Å². The maximum absolute atomic E-state index is 13.6. The molecule has 33 heavy (non-hydrogen) atoms. The summed E-state index contributed by atoms with van der Waals surface area (Å²) >= 11 is 0. The van der Waals surface area contributed by atoms with E-state index in [2.05, 4.69) is 6.58 Å². The molecular formula is C23H30N2O8. The standard InChI is InChI=1S/C23H30N2O8/c1-4-10-32-23(28)25-15-13-18(30-3)17(29-2)12-14(15)21(27)24-9-8-16(26)20(24)22(25)33-19-7-5-6-11-31-19/h4,12-13,16,19-20,22,26H,1,5-11H2,2-3H3/t16-,19?,20-,22?/m0/s1. The minimum Gasteiger partial charge on any atom is -0.493 e. The van der Waals surface area contributed by atoms with Crippen LogP contribution in [0.1, 0.15) is 36.0 Å². The van der Waals surface area contributed by atoms with Gasteiger partial charge < -0.3 is 33.7 Å². The number of ether oxygens (including phenoxy) is 5. The van der Waals surface area contributed by atoms with Gasteiger partial charge in [-0.25, -0.2) is 9.69 Å². The molecule has 4 rings (SSSR count). The van der Waals surface area contributed by atoms with Crippen molar-refractivity contribution in [2.75, 3.05) is 38.9 Å². The van der Waals surface area contributed by atoms with Gasteiger partial charge in [-0.05, 0) is 31.7 Å². The summed E-state index contributed by atoms with van der Waals surface area (Å²) in [5.74, 6) is 0.334. The van der Waals surface area contributed by atoms with Crippen LogP contribution in [0.15, 0.2) is 24.8 Å². The summed E-state index contributed by atoms with van der Waals surface area (Å²) < 4.78 is 28.3. The third-order valence-corrected chi connectivity index (χ3v) is 6.17. The van der Waals surface area contributed by atoms with Crippen molar-refractivity contribution in [3.05, 3.63) is 30.4 Å². The van der Waals surface area contributed by atoms with Gasteiger partial charge in [0.05, 0.1) is 31.6 Å². The Morgan fingerprint density at radius 2 is 2.00 bits per heavy atom.